The highest BCUT2D eigenvalue weighted by Gasteiger charge is 2.10. The molecule has 0 amide bonds. The van der Waals surface area contributed by atoms with Crippen LogP contribution in [0, 0.1) is 0 Å². The highest BCUT2D eigenvalue weighted by Crippen LogP contribution is 2.28. The number of hydrogen-bond acceptors (Lipinski definition) is 5. The molecule has 2 heterocycles. The highest BCUT2D eigenvalue weighted by molar-refractivity contribution is 7.18. The van der Waals surface area contributed by atoms with E-state index in [4.69, 9.17) is 17.3 Å². The normalized spacial score (nSPS) is 10.6. The van der Waals surface area contributed by atoms with Crippen molar-refractivity contribution >= 4 is 28.8 Å². The number of benzene rings is 1. The SMILES string of the molecule is Nc1cc(-c2ccccc2)nc(-c2ncc(Cl)s2)n1. The van der Waals surface area contributed by atoms with Crippen molar-refractivity contribution in [3.8, 4) is 22.1 Å². The molecule has 0 bridgehead atoms. The smallest absolute Gasteiger partial charge is 0.191 e. The monoisotopic (exact) mass is 288 g/mol. The number of nitrogens with two attached hydrogens (primary N) is 1. The first-order chi connectivity index (χ1) is 9.22. The lowest BCUT2D eigenvalue weighted by Crippen LogP contribution is -1.97. The van der Waals surface area contributed by atoms with Crippen LogP contribution >= 0.6 is 22.9 Å². The van der Waals surface area contributed by atoms with Crippen LogP contribution in [0.3, 0.4) is 0 Å². The molecular formula is C13H9ClN4S. The summed E-state index contributed by atoms with van der Waals surface area (Å²) in [6.07, 6.45) is 1.58. The first-order valence-electron chi connectivity index (χ1n) is 5.54. The Labute approximate surface area is 118 Å². The lowest BCUT2D eigenvalue weighted by Gasteiger charge is -2.04. The van der Waals surface area contributed by atoms with Gasteiger partial charge in [-0.1, -0.05) is 53.3 Å². The first kappa shape index (κ1) is 12.1. The van der Waals surface area contributed by atoms with Gasteiger partial charge in [0, 0.05) is 11.6 Å². The van der Waals surface area contributed by atoms with Crippen molar-refractivity contribution in [2.75, 3.05) is 5.73 Å². The summed E-state index contributed by atoms with van der Waals surface area (Å²) in [5.74, 6) is 0.908. The fourth-order valence-corrected chi connectivity index (χ4v) is 2.52. The molecule has 3 aromatic rings. The van der Waals surface area contributed by atoms with Crippen molar-refractivity contribution in [3.05, 3.63) is 46.9 Å². The number of rotatable bonds is 2. The van der Waals surface area contributed by atoms with Crippen LogP contribution in [0.4, 0.5) is 5.82 Å². The maximum absolute atomic E-state index is 5.88. The minimum absolute atomic E-state index is 0.412. The topological polar surface area (TPSA) is 64.7 Å². The number of hydrogen-bond donors (Lipinski definition) is 1. The Kier molecular flexibility index (Phi) is 3.15. The molecule has 0 unspecified atom stereocenters. The van der Waals surface area contributed by atoms with Crippen molar-refractivity contribution in [2.45, 2.75) is 0 Å². The van der Waals surface area contributed by atoms with Crippen LogP contribution in [0.25, 0.3) is 22.1 Å². The summed E-state index contributed by atoms with van der Waals surface area (Å²) in [6, 6.07) is 11.5. The molecule has 6 heteroatoms. The molecule has 0 atom stereocenters. The number of thiazole rings is 1. The molecule has 0 spiro atoms. The molecule has 0 saturated carbocycles. The van der Waals surface area contributed by atoms with Gasteiger partial charge in [-0.3, -0.25) is 0 Å². The molecule has 2 N–H and O–H groups in total. The zero-order valence-electron chi connectivity index (χ0n) is 9.75. The van der Waals surface area contributed by atoms with Crippen LogP contribution in [0.2, 0.25) is 4.34 Å². The number of nitrogen functional groups attached to an aromatic ring is 1. The Morgan fingerprint density at radius 2 is 1.89 bits per heavy atom. The maximum Gasteiger partial charge on any atom is 0.191 e. The van der Waals surface area contributed by atoms with Crippen LogP contribution in [0.1, 0.15) is 0 Å². The van der Waals surface area contributed by atoms with Crippen molar-refractivity contribution < 1.29 is 0 Å². The molecule has 19 heavy (non-hydrogen) atoms. The predicted octanol–water partition coefficient (Wildman–Crippen LogP) is 3.50. The maximum atomic E-state index is 5.88. The molecule has 0 fully saturated rings. The molecule has 0 saturated heterocycles. The molecule has 0 aliphatic carbocycles. The Hall–Kier alpha value is -1.98. The average Bonchev–Trinajstić information content (AvgIpc) is 2.86. The van der Waals surface area contributed by atoms with Gasteiger partial charge in [0.05, 0.1) is 11.9 Å². The van der Waals surface area contributed by atoms with E-state index in [-0.39, 0.29) is 0 Å². The number of halogens is 1. The van der Waals surface area contributed by atoms with Gasteiger partial charge in [-0.25, -0.2) is 15.0 Å². The van der Waals surface area contributed by atoms with Gasteiger partial charge in [0.25, 0.3) is 0 Å². The van der Waals surface area contributed by atoms with Gasteiger partial charge in [-0.15, -0.1) is 0 Å². The summed E-state index contributed by atoms with van der Waals surface area (Å²) >= 11 is 7.20. The Morgan fingerprint density at radius 3 is 2.58 bits per heavy atom. The second-order valence-corrected chi connectivity index (χ2v) is 5.50. The standard InChI is InChI=1S/C13H9ClN4S/c14-10-7-16-13(19-10)12-17-9(6-11(15)18-12)8-4-2-1-3-5-8/h1-7H,(H2,15,17,18). The quantitative estimate of drug-likeness (QED) is 0.784. The van der Waals surface area contributed by atoms with Crippen LogP contribution in [-0.4, -0.2) is 15.0 Å². The fourth-order valence-electron chi connectivity index (χ4n) is 1.68. The summed E-state index contributed by atoms with van der Waals surface area (Å²) in [7, 11) is 0. The molecule has 94 valence electrons. The molecule has 4 nitrogen and oxygen atoms in total. The Balaban J connectivity index is 2.11. The van der Waals surface area contributed by atoms with Crippen molar-refractivity contribution in [1.29, 1.82) is 0 Å². The van der Waals surface area contributed by atoms with E-state index >= 15 is 0 Å². The lowest BCUT2D eigenvalue weighted by atomic mass is 10.1. The van der Waals surface area contributed by atoms with Gasteiger partial charge in [-0.05, 0) is 0 Å². The van der Waals surface area contributed by atoms with Crippen LogP contribution in [0.5, 0.6) is 0 Å². The number of anilines is 1. The van der Waals surface area contributed by atoms with E-state index in [9.17, 15) is 0 Å². The third-order valence-electron chi connectivity index (χ3n) is 2.48. The van der Waals surface area contributed by atoms with E-state index in [1.807, 2.05) is 30.3 Å². The van der Waals surface area contributed by atoms with Gasteiger partial charge < -0.3 is 5.73 Å². The van der Waals surface area contributed by atoms with E-state index in [0.29, 0.717) is 21.0 Å². The van der Waals surface area contributed by atoms with Gasteiger partial charge in [0.15, 0.2) is 10.8 Å². The van der Waals surface area contributed by atoms with Gasteiger partial charge >= 0.3 is 0 Å². The van der Waals surface area contributed by atoms with Gasteiger partial charge in [0.1, 0.15) is 10.2 Å². The molecule has 3 rings (SSSR count). The molecule has 1 aromatic carbocycles. The number of aromatic nitrogens is 3. The summed E-state index contributed by atoms with van der Waals surface area (Å²) in [5.41, 5.74) is 7.59. The zero-order valence-corrected chi connectivity index (χ0v) is 11.3. The third-order valence-corrected chi connectivity index (χ3v) is 3.60. The minimum Gasteiger partial charge on any atom is -0.384 e. The summed E-state index contributed by atoms with van der Waals surface area (Å²) < 4.78 is 0.599. The van der Waals surface area contributed by atoms with Gasteiger partial charge in [-0.2, -0.15) is 0 Å². The lowest BCUT2D eigenvalue weighted by molar-refractivity contribution is 1.17. The van der Waals surface area contributed by atoms with Crippen molar-refractivity contribution in [2.24, 2.45) is 0 Å². The second-order valence-electron chi connectivity index (χ2n) is 3.84. The summed E-state index contributed by atoms with van der Waals surface area (Å²) in [4.78, 5) is 12.9. The highest BCUT2D eigenvalue weighted by atomic mass is 35.5. The second kappa shape index (κ2) is 4.95. The van der Waals surface area contributed by atoms with E-state index in [2.05, 4.69) is 15.0 Å². The molecule has 0 aliphatic rings. The van der Waals surface area contributed by atoms with Crippen LogP contribution in [-0.2, 0) is 0 Å². The molecule has 0 aliphatic heterocycles. The van der Waals surface area contributed by atoms with E-state index < -0.39 is 0 Å². The van der Waals surface area contributed by atoms with Crippen LogP contribution in [0.15, 0.2) is 42.6 Å². The zero-order chi connectivity index (χ0) is 13.2. The predicted molar refractivity (Wildman–Crippen MR) is 78.0 cm³/mol. The molecule has 2 aromatic heterocycles. The van der Waals surface area contributed by atoms with E-state index in [1.54, 1.807) is 12.3 Å². The summed E-state index contributed by atoms with van der Waals surface area (Å²) in [5, 5.41) is 0.662. The minimum atomic E-state index is 0.412. The fraction of sp³-hybridized carbons (Fsp3) is 0. The summed E-state index contributed by atoms with van der Waals surface area (Å²) in [6.45, 7) is 0. The van der Waals surface area contributed by atoms with Crippen molar-refractivity contribution in [3.63, 3.8) is 0 Å². The Morgan fingerprint density at radius 1 is 1.11 bits per heavy atom. The number of nitrogens with zero attached hydrogens (tertiary/aromatic N) is 3. The first-order valence-corrected chi connectivity index (χ1v) is 6.73. The average molecular weight is 289 g/mol. The van der Waals surface area contributed by atoms with E-state index in [1.165, 1.54) is 11.3 Å². The van der Waals surface area contributed by atoms with E-state index in [0.717, 1.165) is 11.3 Å². The largest absolute Gasteiger partial charge is 0.384 e. The Bertz CT molecular complexity index is 712. The molecular weight excluding hydrogens is 280 g/mol. The van der Waals surface area contributed by atoms with Crippen LogP contribution < -0.4 is 5.73 Å². The molecule has 0 radical (unpaired) electrons. The third kappa shape index (κ3) is 2.57. The van der Waals surface area contributed by atoms with Crippen molar-refractivity contribution in [1.82, 2.24) is 15.0 Å². The van der Waals surface area contributed by atoms with Gasteiger partial charge in [0.2, 0.25) is 0 Å².